The minimum atomic E-state index is 1.07. The largest absolute Gasteiger partial charge is 0.354 e. The van der Waals surface area contributed by atoms with Gasteiger partial charge in [0.1, 0.15) is 0 Å². The second kappa shape index (κ2) is 12.9. The molecule has 0 bridgehead atoms. The molecule has 0 radical (unpaired) electrons. The molecule has 258 valence electrons. The first kappa shape index (κ1) is 31.6. The molecule has 11 rings (SSSR count). The molecule has 3 heteroatoms. The van der Waals surface area contributed by atoms with Crippen LogP contribution in [-0.2, 0) is 0 Å². The summed E-state index contributed by atoms with van der Waals surface area (Å²) < 4.78 is 5.03. The Balaban J connectivity index is 1.02. The topological polar surface area (TPSA) is 17.0 Å². The van der Waals surface area contributed by atoms with Crippen LogP contribution in [0.25, 0.3) is 91.8 Å². The van der Waals surface area contributed by atoms with Crippen LogP contribution >= 0.6 is 11.3 Å². The fourth-order valence-corrected chi connectivity index (χ4v) is 9.62. The Labute approximate surface area is 323 Å². The number of benzene rings is 9. The maximum Gasteiger partial charge on any atom is 0.0541 e. The lowest BCUT2D eigenvalue weighted by molar-refractivity contribution is 1.18. The third-order valence-electron chi connectivity index (χ3n) is 11.0. The maximum atomic E-state index is 3.92. The first-order valence-electron chi connectivity index (χ1n) is 18.8. The van der Waals surface area contributed by atoms with E-state index in [1.54, 1.807) is 0 Å². The summed E-state index contributed by atoms with van der Waals surface area (Å²) in [5, 5.41) is 11.5. The molecule has 0 unspecified atom stereocenters. The van der Waals surface area contributed by atoms with Crippen LogP contribution in [0.3, 0.4) is 0 Å². The average molecular weight is 719 g/mol. The average Bonchev–Trinajstić information content (AvgIpc) is 3.80. The second-order valence-electron chi connectivity index (χ2n) is 14.2. The van der Waals surface area contributed by atoms with Crippen LogP contribution in [0.2, 0.25) is 0 Å². The van der Waals surface area contributed by atoms with E-state index in [1.165, 1.54) is 86.3 Å². The van der Waals surface area contributed by atoms with Crippen molar-refractivity contribution in [2.75, 3.05) is 5.32 Å². The SMILES string of the molecule is c1ccc(-c2ccc(-c3ccc4c(c3)c3ccccc3n4-c3ccccc3)cc2Nc2cccc3cc(-c4cccc5c4sc4ccccc45)ccc23)cc1. The lowest BCUT2D eigenvalue weighted by Gasteiger charge is -2.17. The Morgan fingerprint density at radius 2 is 1.05 bits per heavy atom. The predicted molar refractivity (Wildman–Crippen MR) is 237 cm³/mol. The van der Waals surface area contributed by atoms with Crippen LogP contribution in [0, 0.1) is 0 Å². The molecular formula is C52H34N2S. The van der Waals surface area contributed by atoms with Crippen LogP contribution in [0.1, 0.15) is 0 Å². The molecule has 0 aliphatic carbocycles. The predicted octanol–water partition coefficient (Wildman–Crippen LogP) is 15.0. The van der Waals surface area contributed by atoms with Gasteiger partial charge >= 0.3 is 0 Å². The summed E-state index contributed by atoms with van der Waals surface area (Å²) in [6.45, 7) is 0. The van der Waals surface area contributed by atoms with Gasteiger partial charge in [-0.25, -0.2) is 0 Å². The molecule has 11 aromatic rings. The van der Waals surface area contributed by atoms with Gasteiger partial charge in [-0.05, 0) is 87.8 Å². The van der Waals surface area contributed by atoms with Gasteiger partial charge in [-0.15, -0.1) is 11.3 Å². The highest BCUT2D eigenvalue weighted by atomic mass is 32.1. The number of hydrogen-bond acceptors (Lipinski definition) is 2. The highest BCUT2D eigenvalue weighted by molar-refractivity contribution is 7.26. The summed E-state index contributed by atoms with van der Waals surface area (Å²) in [5.41, 5.74) is 12.9. The summed E-state index contributed by atoms with van der Waals surface area (Å²) in [6, 6.07) is 72.7. The van der Waals surface area contributed by atoms with E-state index in [4.69, 9.17) is 0 Å². The number of para-hydroxylation sites is 2. The summed E-state index contributed by atoms with van der Waals surface area (Å²) >= 11 is 1.88. The van der Waals surface area contributed by atoms with E-state index in [-0.39, 0.29) is 0 Å². The molecule has 0 aliphatic rings. The highest BCUT2D eigenvalue weighted by Crippen LogP contribution is 2.42. The molecule has 0 aliphatic heterocycles. The molecule has 0 spiro atoms. The quantitative estimate of drug-likeness (QED) is 0.181. The van der Waals surface area contributed by atoms with Crippen molar-refractivity contribution in [1.82, 2.24) is 4.57 Å². The van der Waals surface area contributed by atoms with E-state index in [9.17, 15) is 0 Å². The van der Waals surface area contributed by atoms with Gasteiger partial charge < -0.3 is 9.88 Å². The zero-order chi connectivity index (χ0) is 36.3. The molecule has 55 heavy (non-hydrogen) atoms. The van der Waals surface area contributed by atoms with Gasteiger partial charge in [0.2, 0.25) is 0 Å². The van der Waals surface area contributed by atoms with Crippen molar-refractivity contribution in [2.24, 2.45) is 0 Å². The Bertz CT molecular complexity index is 3230. The lowest BCUT2D eigenvalue weighted by Crippen LogP contribution is -1.96. The number of fused-ring (bicyclic) bond motifs is 7. The number of rotatable bonds is 6. The minimum Gasteiger partial charge on any atom is -0.354 e. The van der Waals surface area contributed by atoms with Crippen LogP contribution < -0.4 is 5.32 Å². The molecule has 0 atom stereocenters. The Kier molecular flexibility index (Phi) is 7.39. The van der Waals surface area contributed by atoms with Crippen LogP contribution in [0.15, 0.2) is 200 Å². The van der Waals surface area contributed by atoms with Crippen molar-refractivity contribution >= 4 is 75.5 Å². The van der Waals surface area contributed by atoms with E-state index in [2.05, 4.69) is 210 Å². The molecule has 2 heterocycles. The van der Waals surface area contributed by atoms with Crippen LogP contribution in [-0.4, -0.2) is 4.57 Å². The van der Waals surface area contributed by atoms with E-state index in [0.717, 1.165) is 16.9 Å². The van der Waals surface area contributed by atoms with Gasteiger partial charge in [0.25, 0.3) is 0 Å². The van der Waals surface area contributed by atoms with Gasteiger partial charge in [0, 0.05) is 59.0 Å². The fourth-order valence-electron chi connectivity index (χ4n) is 8.38. The van der Waals surface area contributed by atoms with E-state index in [0.29, 0.717) is 0 Å². The van der Waals surface area contributed by atoms with E-state index < -0.39 is 0 Å². The molecule has 2 aromatic heterocycles. The third-order valence-corrected chi connectivity index (χ3v) is 12.2. The van der Waals surface area contributed by atoms with Gasteiger partial charge in [-0.3, -0.25) is 0 Å². The number of thiophene rings is 1. The summed E-state index contributed by atoms with van der Waals surface area (Å²) in [7, 11) is 0. The molecule has 2 nitrogen and oxygen atoms in total. The van der Waals surface area contributed by atoms with E-state index in [1.807, 2.05) is 11.3 Å². The Morgan fingerprint density at radius 3 is 1.95 bits per heavy atom. The molecule has 1 N–H and O–H groups in total. The van der Waals surface area contributed by atoms with Crippen molar-refractivity contribution in [2.45, 2.75) is 0 Å². The van der Waals surface area contributed by atoms with Gasteiger partial charge in [-0.2, -0.15) is 0 Å². The van der Waals surface area contributed by atoms with E-state index >= 15 is 0 Å². The lowest BCUT2D eigenvalue weighted by atomic mass is 9.96. The standard InChI is InChI=1S/C52H34N2S/c1-3-13-34(14-4-1)40-28-25-36(35-27-30-50-46(32-35)43-18-7-9-23-49(43)54(50)39-16-5-2-6-17-39)33-48(40)53-47-22-11-15-37-31-38(26-29-41(37)47)42-20-12-21-45-44-19-8-10-24-51(44)55-52(42)45/h1-33,53H. The number of anilines is 2. The van der Waals surface area contributed by atoms with Gasteiger partial charge in [0.15, 0.2) is 0 Å². The molecule has 0 saturated heterocycles. The first-order valence-corrected chi connectivity index (χ1v) is 19.6. The van der Waals surface area contributed by atoms with Gasteiger partial charge in [-0.1, -0.05) is 146 Å². The number of nitrogens with one attached hydrogen (secondary N) is 1. The summed E-state index contributed by atoms with van der Waals surface area (Å²) in [4.78, 5) is 0. The highest BCUT2D eigenvalue weighted by Gasteiger charge is 2.16. The third kappa shape index (κ3) is 5.32. The van der Waals surface area contributed by atoms with Crippen LogP contribution in [0.5, 0.6) is 0 Å². The van der Waals surface area contributed by atoms with Crippen molar-refractivity contribution in [3.63, 3.8) is 0 Å². The van der Waals surface area contributed by atoms with Crippen molar-refractivity contribution in [3.8, 4) is 39.1 Å². The van der Waals surface area contributed by atoms with Crippen LogP contribution in [0.4, 0.5) is 11.4 Å². The Hall–Kier alpha value is -6.94. The maximum absolute atomic E-state index is 3.92. The monoisotopic (exact) mass is 718 g/mol. The molecular weight excluding hydrogens is 685 g/mol. The fraction of sp³-hybridized carbons (Fsp3) is 0. The van der Waals surface area contributed by atoms with Crippen molar-refractivity contribution < 1.29 is 0 Å². The Morgan fingerprint density at radius 1 is 0.364 bits per heavy atom. The second-order valence-corrected chi connectivity index (χ2v) is 15.2. The molecule has 9 aromatic carbocycles. The van der Waals surface area contributed by atoms with Gasteiger partial charge in [0.05, 0.1) is 11.0 Å². The first-order chi connectivity index (χ1) is 27.3. The minimum absolute atomic E-state index is 1.07. The van der Waals surface area contributed by atoms with Crippen molar-refractivity contribution in [1.29, 1.82) is 0 Å². The summed E-state index contributed by atoms with van der Waals surface area (Å²) in [5.74, 6) is 0. The zero-order valence-electron chi connectivity index (χ0n) is 29.9. The normalized spacial score (nSPS) is 11.6. The molecule has 0 saturated carbocycles. The molecule has 0 fully saturated rings. The van der Waals surface area contributed by atoms with Crippen molar-refractivity contribution in [3.05, 3.63) is 200 Å². The number of aromatic nitrogens is 1. The molecule has 0 amide bonds. The zero-order valence-corrected chi connectivity index (χ0v) is 30.7. The smallest absolute Gasteiger partial charge is 0.0541 e. The summed E-state index contributed by atoms with van der Waals surface area (Å²) in [6.07, 6.45) is 0. The number of hydrogen-bond donors (Lipinski definition) is 1. The number of nitrogens with zero attached hydrogens (tertiary/aromatic N) is 1.